The zero-order valence-corrected chi connectivity index (χ0v) is 37.3. The van der Waals surface area contributed by atoms with E-state index in [0.717, 1.165) is 70.9 Å². The summed E-state index contributed by atoms with van der Waals surface area (Å²) in [5, 5.41) is 27.1. The summed E-state index contributed by atoms with van der Waals surface area (Å²) >= 11 is 0. The number of nitrogens with one attached hydrogen (secondary N) is 1. The number of hydrogen-bond donors (Lipinski definition) is 3. The summed E-state index contributed by atoms with van der Waals surface area (Å²) in [5.74, 6) is 3.12. The van der Waals surface area contributed by atoms with E-state index in [1.54, 1.807) is 39.3 Å². The minimum Gasteiger partial charge on any atom is -0.497 e. The maximum absolute atomic E-state index is 13.5. The lowest BCUT2D eigenvalue weighted by molar-refractivity contribution is 0.397. The van der Waals surface area contributed by atoms with Crippen LogP contribution >= 0.6 is 0 Å². The molecule has 0 unspecified atom stereocenters. The highest BCUT2D eigenvalue weighted by Crippen LogP contribution is 2.37. The van der Waals surface area contributed by atoms with E-state index in [1.807, 2.05) is 97.1 Å². The Hall–Kier alpha value is -5.70. The van der Waals surface area contributed by atoms with E-state index in [-0.39, 0.29) is 49.2 Å². The Morgan fingerprint density at radius 3 is 1.22 bits per heavy atom. The first-order valence-corrected chi connectivity index (χ1v) is 23.1. The molecule has 342 valence electrons. The summed E-state index contributed by atoms with van der Waals surface area (Å²) in [6.45, 7) is 0.938. The van der Waals surface area contributed by atoms with Gasteiger partial charge in [-0.1, -0.05) is 68.8 Å². The van der Waals surface area contributed by atoms with Crippen LogP contribution in [0.15, 0.2) is 132 Å². The predicted molar refractivity (Wildman–Crippen MR) is 244 cm³/mol. The first kappa shape index (κ1) is 49.3. The van der Waals surface area contributed by atoms with Crippen LogP contribution in [0.25, 0.3) is 0 Å². The van der Waals surface area contributed by atoms with Gasteiger partial charge in [0.1, 0.15) is 32.8 Å². The molecular weight excluding hydrogens is 859 g/mol. The Labute approximate surface area is 376 Å². The van der Waals surface area contributed by atoms with Crippen molar-refractivity contribution < 1.29 is 45.8 Å². The first-order chi connectivity index (χ1) is 30.3. The molecule has 0 saturated heterocycles. The molecule has 0 aliphatic heterocycles. The lowest BCUT2D eigenvalue weighted by atomic mass is 9.84. The molecule has 64 heavy (non-hydrogen) atoms. The molecule has 6 aromatic rings. The van der Waals surface area contributed by atoms with Gasteiger partial charge in [0.15, 0.2) is 0 Å². The fourth-order valence-corrected chi connectivity index (χ4v) is 8.94. The molecule has 19 heteroatoms. The smallest absolute Gasteiger partial charge is 0.454 e. The number of benzene rings is 4. The van der Waals surface area contributed by atoms with Gasteiger partial charge < -0.3 is 29.0 Å². The van der Waals surface area contributed by atoms with E-state index in [0.29, 0.717) is 6.04 Å². The van der Waals surface area contributed by atoms with Crippen LogP contribution in [0.4, 0.5) is 0 Å². The van der Waals surface area contributed by atoms with E-state index in [1.165, 1.54) is 27.2 Å². The molecule has 8 rings (SSSR count). The van der Waals surface area contributed by atoms with Crippen molar-refractivity contribution in [3.8, 4) is 23.0 Å². The minimum absolute atomic E-state index is 0. The third-order valence-electron chi connectivity index (χ3n) is 10.4. The van der Waals surface area contributed by atoms with Crippen molar-refractivity contribution in [2.24, 2.45) is 0 Å². The second-order valence-electron chi connectivity index (χ2n) is 15.0. The number of sulfonamides is 2. The van der Waals surface area contributed by atoms with E-state index >= 15 is 0 Å². The molecule has 2 aliphatic rings. The Morgan fingerprint density at radius 2 is 0.953 bits per heavy atom. The van der Waals surface area contributed by atoms with Gasteiger partial charge in [-0.3, -0.25) is 9.78 Å². The standard InChI is InChI=1S/C22H25N3O4S.C19H21N3O4S.C3H7BO2.CH4/c1-28-20-9-3-17(4-10-20)14-24(15-18-5-11-21(29-2)12-6-18)30(26,27)22-13-23-25(16-22)19-7-8-19;1-25-17-7-3-15(4-8-17)13-22(27(23,24)19-11-20-21-12-19)14-16-5-9-18(26-2)10-6-16;5-4(6)3-1-2-3;/h3-6,9-13,16,19H,7-8,14-15H2,1-2H3;3-12H,13-14H2,1-2H3,(H,20,21);3,5-6H,1-2H2;1H4. The van der Waals surface area contributed by atoms with E-state index in [4.69, 9.17) is 29.0 Å². The summed E-state index contributed by atoms with van der Waals surface area (Å²) < 4.78 is 78.4. The summed E-state index contributed by atoms with van der Waals surface area (Å²) in [6.07, 6.45) is 9.86. The highest BCUT2D eigenvalue weighted by atomic mass is 32.2. The highest BCUT2D eigenvalue weighted by Gasteiger charge is 2.33. The van der Waals surface area contributed by atoms with Crippen LogP contribution in [0.2, 0.25) is 5.82 Å². The van der Waals surface area contributed by atoms with Crippen LogP contribution in [-0.2, 0) is 46.2 Å². The molecule has 0 radical (unpaired) electrons. The Kier molecular flexibility index (Phi) is 17.6. The molecule has 0 atom stereocenters. The van der Waals surface area contributed by atoms with Crippen LogP contribution in [0.3, 0.4) is 0 Å². The molecule has 2 heterocycles. The molecule has 2 aromatic heterocycles. The van der Waals surface area contributed by atoms with Crippen molar-refractivity contribution in [2.75, 3.05) is 28.4 Å². The van der Waals surface area contributed by atoms with Crippen molar-refractivity contribution >= 4 is 27.2 Å². The predicted octanol–water partition coefficient (Wildman–Crippen LogP) is 6.70. The summed E-state index contributed by atoms with van der Waals surface area (Å²) in [4.78, 5) is 0.348. The van der Waals surface area contributed by atoms with Gasteiger partial charge in [0, 0.05) is 38.6 Å². The third kappa shape index (κ3) is 13.7. The van der Waals surface area contributed by atoms with Gasteiger partial charge in [0.05, 0.1) is 46.9 Å². The van der Waals surface area contributed by atoms with E-state index in [9.17, 15) is 16.8 Å². The maximum atomic E-state index is 13.5. The van der Waals surface area contributed by atoms with Crippen molar-refractivity contribution in [1.82, 2.24) is 28.6 Å². The molecule has 2 aliphatic carbocycles. The molecule has 4 aromatic carbocycles. The number of H-pyrrole nitrogens is 1. The van der Waals surface area contributed by atoms with Gasteiger partial charge in [-0.2, -0.15) is 18.8 Å². The number of aromatic nitrogens is 4. The van der Waals surface area contributed by atoms with Crippen LogP contribution in [0.1, 0.15) is 61.4 Å². The van der Waals surface area contributed by atoms with Crippen LogP contribution < -0.4 is 18.9 Å². The van der Waals surface area contributed by atoms with Gasteiger partial charge >= 0.3 is 7.12 Å². The molecule has 16 nitrogen and oxygen atoms in total. The summed E-state index contributed by atoms with van der Waals surface area (Å²) in [6, 6.07) is 29.8. The third-order valence-corrected chi connectivity index (χ3v) is 13.9. The molecule has 0 amide bonds. The average Bonchev–Trinajstić information content (AvgIpc) is 4.23. The second kappa shape index (κ2) is 22.8. The number of hydrogen-bond acceptors (Lipinski definition) is 12. The van der Waals surface area contributed by atoms with E-state index in [2.05, 4.69) is 15.3 Å². The highest BCUT2D eigenvalue weighted by molar-refractivity contribution is 7.89. The average molecular weight is 917 g/mol. The number of methoxy groups -OCH3 is 4. The zero-order chi connectivity index (χ0) is 45.0. The number of rotatable bonds is 18. The van der Waals surface area contributed by atoms with Gasteiger partial charge in [-0.25, -0.2) is 16.8 Å². The van der Waals surface area contributed by atoms with Crippen molar-refractivity contribution in [3.63, 3.8) is 0 Å². The Morgan fingerprint density at radius 1 is 0.594 bits per heavy atom. The number of ether oxygens (including phenoxy) is 4. The zero-order valence-electron chi connectivity index (χ0n) is 35.6. The minimum atomic E-state index is -3.73. The maximum Gasteiger partial charge on any atom is 0.454 e. The van der Waals surface area contributed by atoms with Crippen molar-refractivity contribution in [1.29, 1.82) is 0 Å². The molecule has 3 N–H and O–H groups in total. The SMILES string of the molecule is C.COc1ccc(CN(Cc2ccc(OC)cc2)S(=O)(=O)c2cn[nH]c2)cc1.COc1ccc(CN(Cc2ccc(OC)cc2)S(=O)(=O)c2cnn(C3CC3)c2)cc1.OB(O)C1CC1. The van der Waals surface area contributed by atoms with Crippen LogP contribution in [0.5, 0.6) is 23.0 Å². The summed E-state index contributed by atoms with van der Waals surface area (Å²) in [7, 11) is -2.08. The molecule has 2 fully saturated rings. The molecule has 2 saturated carbocycles. The lowest BCUT2D eigenvalue weighted by Gasteiger charge is -2.22. The van der Waals surface area contributed by atoms with Crippen molar-refractivity contribution in [3.05, 3.63) is 144 Å². The Bertz CT molecular complexity index is 2440. The molecular formula is C45H57BN6O10S2. The largest absolute Gasteiger partial charge is 0.497 e. The summed E-state index contributed by atoms with van der Waals surface area (Å²) in [5.41, 5.74) is 3.47. The lowest BCUT2D eigenvalue weighted by Crippen LogP contribution is -2.30. The number of nitrogens with zero attached hydrogens (tertiary/aromatic N) is 5. The topological polar surface area (TPSA) is 199 Å². The normalized spacial score (nSPS) is 13.4. The van der Waals surface area contributed by atoms with E-state index < -0.39 is 27.2 Å². The quantitative estimate of drug-likeness (QED) is 0.0773. The van der Waals surface area contributed by atoms with Crippen LogP contribution in [0, 0.1) is 0 Å². The first-order valence-electron chi connectivity index (χ1n) is 20.2. The number of aromatic amines is 1. The monoisotopic (exact) mass is 916 g/mol. The molecule has 0 spiro atoms. The fourth-order valence-electron chi connectivity index (χ4n) is 6.26. The van der Waals surface area contributed by atoms with Gasteiger partial charge in [0.25, 0.3) is 0 Å². The van der Waals surface area contributed by atoms with Gasteiger partial charge in [-0.15, -0.1) is 0 Å². The van der Waals surface area contributed by atoms with Gasteiger partial charge in [-0.05, 0) is 89.4 Å². The van der Waals surface area contributed by atoms with Crippen LogP contribution in [-0.4, -0.2) is 91.0 Å². The van der Waals surface area contributed by atoms with Crippen molar-refractivity contribution in [2.45, 2.75) is 80.9 Å². The fraction of sp³-hybridized carbons (Fsp3) is 0.333. The second-order valence-corrected chi connectivity index (χ2v) is 18.9. The Balaban J connectivity index is 0.000000211. The molecule has 0 bridgehead atoms. The van der Waals surface area contributed by atoms with Gasteiger partial charge in [0.2, 0.25) is 20.0 Å².